The van der Waals surface area contributed by atoms with Crippen molar-refractivity contribution in [2.24, 2.45) is 0 Å². The van der Waals surface area contributed by atoms with E-state index in [2.05, 4.69) is 105 Å². The Morgan fingerprint density at radius 2 is 1.57 bits per heavy atom. The molecule has 0 fully saturated rings. The standard InChI is InChI=1S/C18H15BrIN/c1-21-18(12-6-8-13(20)9-7-12)16-10-11-17(19)15-5-3-2-4-14(15)16/h2-11,18,21H,1H3. The Kier molecular flexibility index (Phi) is 4.62. The van der Waals surface area contributed by atoms with Crippen molar-refractivity contribution in [3.63, 3.8) is 0 Å². The molecule has 0 aromatic heterocycles. The molecular weight excluding hydrogens is 437 g/mol. The van der Waals surface area contributed by atoms with Crippen molar-refractivity contribution in [1.29, 1.82) is 0 Å². The topological polar surface area (TPSA) is 12.0 Å². The van der Waals surface area contributed by atoms with Gasteiger partial charge in [-0.3, -0.25) is 0 Å². The normalized spacial score (nSPS) is 12.5. The summed E-state index contributed by atoms with van der Waals surface area (Å²) in [5.74, 6) is 0. The highest BCUT2D eigenvalue weighted by Crippen LogP contribution is 2.33. The summed E-state index contributed by atoms with van der Waals surface area (Å²) < 4.78 is 2.39. The van der Waals surface area contributed by atoms with Crippen LogP contribution in [0.25, 0.3) is 10.8 Å². The van der Waals surface area contributed by atoms with Crippen molar-refractivity contribution in [3.8, 4) is 0 Å². The molecule has 0 aliphatic carbocycles. The predicted molar refractivity (Wildman–Crippen MR) is 102 cm³/mol. The van der Waals surface area contributed by atoms with Gasteiger partial charge in [-0.1, -0.05) is 58.4 Å². The van der Waals surface area contributed by atoms with Gasteiger partial charge in [0.05, 0.1) is 6.04 Å². The number of hydrogen-bond donors (Lipinski definition) is 1. The minimum Gasteiger partial charge on any atom is -0.309 e. The molecule has 0 spiro atoms. The third-order valence-electron chi connectivity index (χ3n) is 3.71. The van der Waals surface area contributed by atoms with E-state index in [4.69, 9.17) is 0 Å². The summed E-state index contributed by atoms with van der Waals surface area (Å²) in [6.45, 7) is 0. The Bertz CT molecular complexity index is 768. The minimum absolute atomic E-state index is 0.194. The number of rotatable bonds is 3. The Morgan fingerprint density at radius 3 is 2.24 bits per heavy atom. The molecular formula is C18H15BrIN. The highest BCUT2D eigenvalue weighted by Gasteiger charge is 2.15. The maximum atomic E-state index is 3.65. The van der Waals surface area contributed by atoms with Gasteiger partial charge in [-0.25, -0.2) is 0 Å². The second kappa shape index (κ2) is 6.46. The van der Waals surface area contributed by atoms with Gasteiger partial charge >= 0.3 is 0 Å². The van der Waals surface area contributed by atoms with Crippen molar-refractivity contribution >= 4 is 49.3 Å². The minimum atomic E-state index is 0.194. The maximum absolute atomic E-state index is 3.65. The van der Waals surface area contributed by atoms with Crippen LogP contribution in [0, 0.1) is 3.57 Å². The van der Waals surface area contributed by atoms with Crippen LogP contribution in [0.2, 0.25) is 0 Å². The fourth-order valence-corrected chi connectivity index (χ4v) is 3.53. The quantitative estimate of drug-likeness (QED) is 0.517. The van der Waals surface area contributed by atoms with E-state index in [1.54, 1.807) is 0 Å². The second-order valence-corrected chi connectivity index (χ2v) is 7.06. The summed E-state index contributed by atoms with van der Waals surface area (Å²) in [4.78, 5) is 0. The summed E-state index contributed by atoms with van der Waals surface area (Å²) in [5, 5.41) is 5.98. The largest absolute Gasteiger partial charge is 0.309 e. The van der Waals surface area contributed by atoms with Gasteiger partial charge in [0.15, 0.2) is 0 Å². The number of halogens is 2. The lowest BCUT2D eigenvalue weighted by Gasteiger charge is -2.20. The fraction of sp³-hybridized carbons (Fsp3) is 0.111. The van der Waals surface area contributed by atoms with Crippen molar-refractivity contribution < 1.29 is 0 Å². The van der Waals surface area contributed by atoms with Gasteiger partial charge in [-0.15, -0.1) is 0 Å². The molecule has 0 radical (unpaired) electrons. The molecule has 0 aliphatic heterocycles. The molecule has 3 aromatic carbocycles. The highest BCUT2D eigenvalue weighted by molar-refractivity contribution is 14.1. The molecule has 106 valence electrons. The first-order valence-electron chi connectivity index (χ1n) is 6.80. The van der Waals surface area contributed by atoms with E-state index < -0.39 is 0 Å². The van der Waals surface area contributed by atoms with Crippen molar-refractivity contribution in [1.82, 2.24) is 5.32 Å². The Balaban J connectivity index is 2.17. The van der Waals surface area contributed by atoms with Crippen LogP contribution in [0.4, 0.5) is 0 Å². The van der Waals surface area contributed by atoms with Gasteiger partial charge in [-0.05, 0) is 69.7 Å². The van der Waals surface area contributed by atoms with Crippen LogP contribution in [0.1, 0.15) is 17.2 Å². The van der Waals surface area contributed by atoms with Gasteiger partial charge in [0.25, 0.3) is 0 Å². The average molecular weight is 452 g/mol. The number of hydrogen-bond acceptors (Lipinski definition) is 1. The molecule has 1 N–H and O–H groups in total. The molecule has 0 saturated heterocycles. The number of benzene rings is 3. The molecule has 1 unspecified atom stereocenters. The zero-order valence-corrected chi connectivity index (χ0v) is 15.4. The lowest BCUT2D eigenvalue weighted by Crippen LogP contribution is -2.18. The third kappa shape index (κ3) is 3.00. The monoisotopic (exact) mass is 451 g/mol. The molecule has 0 bridgehead atoms. The van der Waals surface area contributed by atoms with E-state index in [-0.39, 0.29) is 6.04 Å². The van der Waals surface area contributed by atoms with Crippen LogP contribution in [0.3, 0.4) is 0 Å². The van der Waals surface area contributed by atoms with Gasteiger partial charge in [-0.2, -0.15) is 0 Å². The molecule has 0 heterocycles. The van der Waals surface area contributed by atoms with Crippen LogP contribution in [-0.2, 0) is 0 Å². The molecule has 3 heteroatoms. The van der Waals surface area contributed by atoms with E-state index in [0.717, 1.165) is 4.47 Å². The van der Waals surface area contributed by atoms with E-state index in [9.17, 15) is 0 Å². The molecule has 3 aromatic rings. The SMILES string of the molecule is CNC(c1ccc(I)cc1)c1ccc(Br)c2ccccc12. The molecule has 3 rings (SSSR count). The Labute approximate surface area is 147 Å². The predicted octanol–water partition coefficient (Wildman–Crippen LogP) is 5.52. The smallest absolute Gasteiger partial charge is 0.0580 e. The van der Waals surface area contributed by atoms with Gasteiger partial charge in [0, 0.05) is 8.04 Å². The zero-order valence-electron chi connectivity index (χ0n) is 11.6. The summed E-state index contributed by atoms with van der Waals surface area (Å²) >= 11 is 5.99. The van der Waals surface area contributed by atoms with Crippen LogP contribution in [0.5, 0.6) is 0 Å². The van der Waals surface area contributed by atoms with E-state index in [1.165, 1.54) is 25.5 Å². The Hall–Kier alpha value is -0.910. The van der Waals surface area contributed by atoms with Gasteiger partial charge < -0.3 is 5.32 Å². The van der Waals surface area contributed by atoms with Crippen LogP contribution >= 0.6 is 38.5 Å². The lowest BCUT2D eigenvalue weighted by molar-refractivity contribution is 0.696. The fourth-order valence-electron chi connectivity index (χ4n) is 2.69. The van der Waals surface area contributed by atoms with E-state index >= 15 is 0 Å². The summed E-state index contributed by atoms with van der Waals surface area (Å²) in [6, 6.07) is 21.7. The van der Waals surface area contributed by atoms with Crippen molar-refractivity contribution in [2.75, 3.05) is 7.05 Å². The highest BCUT2D eigenvalue weighted by atomic mass is 127. The number of fused-ring (bicyclic) bond motifs is 1. The molecule has 21 heavy (non-hydrogen) atoms. The van der Waals surface area contributed by atoms with Crippen LogP contribution in [0.15, 0.2) is 65.1 Å². The van der Waals surface area contributed by atoms with Gasteiger partial charge in [0.1, 0.15) is 0 Å². The first-order valence-corrected chi connectivity index (χ1v) is 8.68. The van der Waals surface area contributed by atoms with Gasteiger partial charge in [0.2, 0.25) is 0 Å². The Morgan fingerprint density at radius 1 is 0.905 bits per heavy atom. The lowest BCUT2D eigenvalue weighted by atomic mass is 9.94. The van der Waals surface area contributed by atoms with Crippen LogP contribution < -0.4 is 5.32 Å². The molecule has 0 aliphatic rings. The van der Waals surface area contributed by atoms with E-state index in [1.807, 2.05) is 7.05 Å². The summed E-state index contributed by atoms with van der Waals surface area (Å²) in [6.07, 6.45) is 0. The first-order chi connectivity index (χ1) is 10.2. The van der Waals surface area contributed by atoms with Crippen molar-refractivity contribution in [2.45, 2.75) is 6.04 Å². The van der Waals surface area contributed by atoms with E-state index in [0.29, 0.717) is 0 Å². The zero-order chi connectivity index (χ0) is 14.8. The molecule has 0 amide bonds. The first kappa shape index (κ1) is 15.0. The second-order valence-electron chi connectivity index (χ2n) is 4.96. The van der Waals surface area contributed by atoms with Crippen molar-refractivity contribution in [3.05, 3.63) is 79.8 Å². The number of nitrogens with one attached hydrogen (secondary N) is 1. The molecule has 0 saturated carbocycles. The van der Waals surface area contributed by atoms with Crippen LogP contribution in [-0.4, -0.2) is 7.05 Å². The molecule has 1 nitrogen and oxygen atoms in total. The summed E-state index contributed by atoms with van der Waals surface area (Å²) in [5.41, 5.74) is 2.59. The average Bonchev–Trinajstić information content (AvgIpc) is 2.52. The molecule has 1 atom stereocenters. The maximum Gasteiger partial charge on any atom is 0.0580 e. The third-order valence-corrected chi connectivity index (χ3v) is 5.12. The summed E-state index contributed by atoms with van der Waals surface area (Å²) in [7, 11) is 2.01.